The van der Waals surface area contributed by atoms with Crippen molar-refractivity contribution in [2.45, 2.75) is 6.10 Å². The number of carbonyl (C=O) groups is 4. The molecule has 0 aromatic heterocycles. The Morgan fingerprint density at radius 3 is 1.53 bits per heavy atom. The van der Waals surface area contributed by atoms with Crippen LogP contribution in [0.3, 0.4) is 0 Å². The summed E-state index contributed by atoms with van der Waals surface area (Å²) in [6.45, 7) is -2.79. The second-order valence-electron chi connectivity index (χ2n) is 9.90. The van der Waals surface area contributed by atoms with Gasteiger partial charge in [0.15, 0.2) is 6.10 Å². The van der Waals surface area contributed by atoms with Gasteiger partial charge in [-0.3, -0.25) is 19.2 Å². The van der Waals surface area contributed by atoms with Crippen LogP contribution in [-0.2, 0) is 19.2 Å². The Morgan fingerprint density at radius 1 is 0.600 bits per heavy atom. The summed E-state index contributed by atoms with van der Waals surface area (Å²) in [5.74, 6) is -4.92. The third-order valence-corrected chi connectivity index (χ3v) is 6.62. The van der Waals surface area contributed by atoms with E-state index in [0.717, 1.165) is 20.6 Å². The molecule has 4 aromatic carbocycles. The van der Waals surface area contributed by atoms with E-state index >= 15 is 0 Å². The van der Waals surface area contributed by atoms with Crippen LogP contribution < -0.4 is 19.3 Å². The van der Waals surface area contributed by atoms with E-state index in [0.29, 0.717) is 0 Å². The number of aliphatic carboxylic acids is 4. The molecule has 13 heteroatoms. The molecule has 0 amide bonds. The van der Waals surface area contributed by atoms with Crippen LogP contribution in [0.1, 0.15) is 11.7 Å². The fraction of sp³-hybridized carbons (Fsp3) is 0.188. The van der Waals surface area contributed by atoms with Gasteiger partial charge >= 0.3 is 23.9 Å². The van der Waals surface area contributed by atoms with E-state index < -0.39 is 56.2 Å². The summed E-state index contributed by atoms with van der Waals surface area (Å²) < 4.78 is 12.4. The van der Waals surface area contributed by atoms with Gasteiger partial charge in [0.05, 0.1) is 11.4 Å². The standard InChI is InChI=1S/C32H30N2O11/c35-25-14-21-8-2-1-7-20(21)13-22(25)28(45-27-12-6-4-10-24(27)34(17-31(40)41)18-32(42)43)19-44-26-11-5-3-9-23(26)33(15-29(36)37)16-30(38)39/h1-14,28,35H,15-19H2,(H,36,37)(H,38,39)(H,40,41)(H,42,43). The lowest BCUT2D eigenvalue weighted by molar-refractivity contribution is -0.138. The van der Waals surface area contributed by atoms with E-state index in [9.17, 15) is 44.7 Å². The van der Waals surface area contributed by atoms with Gasteiger partial charge in [0.2, 0.25) is 0 Å². The summed E-state index contributed by atoms with van der Waals surface area (Å²) in [6.07, 6.45) is -1.08. The number of para-hydroxylation sites is 4. The number of phenols is 1. The lowest BCUT2D eigenvalue weighted by Gasteiger charge is -2.28. The van der Waals surface area contributed by atoms with Gasteiger partial charge in [-0.15, -0.1) is 0 Å². The molecule has 0 spiro atoms. The lowest BCUT2D eigenvalue weighted by Crippen LogP contribution is -2.35. The van der Waals surface area contributed by atoms with Crippen molar-refractivity contribution < 1.29 is 54.2 Å². The molecular weight excluding hydrogens is 588 g/mol. The number of aromatic hydroxyl groups is 1. The maximum atomic E-state index is 11.6. The molecule has 1 unspecified atom stereocenters. The predicted octanol–water partition coefficient (Wildman–Crippen LogP) is 3.70. The molecular formula is C32H30N2O11. The zero-order valence-electron chi connectivity index (χ0n) is 23.8. The Labute approximate surface area is 256 Å². The number of carboxylic acids is 4. The van der Waals surface area contributed by atoms with Crippen LogP contribution in [0.4, 0.5) is 11.4 Å². The molecule has 0 fully saturated rings. The van der Waals surface area contributed by atoms with Crippen LogP contribution in [0.5, 0.6) is 17.2 Å². The molecule has 5 N–H and O–H groups in total. The summed E-state index contributed by atoms with van der Waals surface area (Å²) >= 11 is 0. The number of hydrogen-bond donors (Lipinski definition) is 5. The molecule has 0 heterocycles. The van der Waals surface area contributed by atoms with Crippen molar-refractivity contribution in [1.29, 1.82) is 0 Å². The Hall–Kier alpha value is -5.98. The number of carboxylic acid groups (broad SMARTS) is 4. The van der Waals surface area contributed by atoms with Crippen LogP contribution in [0.15, 0.2) is 84.9 Å². The summed E-state index contributed by atoms with van der Waals surface area (Å²) in [6, 6.07) is 23.0. The monoisotopic (exact) mass is 618 g/mol. The van der Waals surface area contributed by atoms with Gasteiger partial charge in [0.25, 0.3) is 0 Å². The number of rotatable bonds is 16. The first-order valence-electron chi connectivity index (χ1n) is 13.6. The Bertz CT molecular complexity index is 1680. The molecule has 0 aliphatic rings. The fourth-order valence-electron chi connectivity index (χ4n) is 4.77. The molecule has 45 heavy (non-hydrogen) atoms. The zero-order valence-corrected chi connectivity index (χ0v) is 23.8. The maximum Gasteiger partial charge on any atom is 0.323 e. The second kappa shape index (κ2) is 14.5. The van der Waals surface area contributed by atoms with Gasteiger partial charge in [0, 0.05) is 5.56 Å². The van der Waals surface area contributed by atoms with Crippen LogP contribution in [0, 0.1) is 0 Å². The van der Waals surface area contributed by atoms with Crippen LogP contribution in [0.2, 0.25) is 0 Å². The van der Waals surface area contributed by atoms with Crippen molar-refractivity contribution in [2.75, 3.05) is 42.6 Å². The van der Waals surface area contributed by atoms with Crippen molar-refractivity contribution in [3.8, 4) is 17.2 Å². The molecule has 0 saturated heterocycles. The number of nitrogens with zero attached hydrogens (tertiary/aromatic N) is 2. The molecule has 0 aliphatic carbocycles. The molecule has 0 aliphatic heterocycles. The highest BCUT2D eigenvalue weighted by atomic mass is 16.5. The van der Waals surface area contributed by atoms with Crippen molar-refractivity contribution >= 4 is 46.0 Å². The number of fused-ring (bicyclic) bond motifs is 1. The number of benzene rings is 4. The summed E-state index contributed by atoms with van der Waals surface area (Å²) in [4.78, 5) is 48.3. The molecule has 234 valence electrons. The van der Waals surface area contributed by atoms with E-state index in [-0.39, 0.29) is 40.8 Å². The van der Waals surface area contributed by atoms with E-state index in [1.165, 1.54) is 24.3 Å². The van der Waals surface area contributed by atoms with Crippen molar-refractivity contribution in [1.82, 2.24) is 0 Å². The highest BCUT2D eigenvalue weighted by Crippen LogP contribution is 2.37. The average Bonchev–Trinajstić information content (AvgIpc) is 2.98. The van der Waals surface area contributed by atoms with Gasteiger partial charge < -0.3 is 44.8 Å². The molecule has 4 aromatic rings. The zero-order chi connectivity index (χ0) is 32.5. The second-order valence-corrected chi connectivity index (χ2v) is 9.90. The van der Waals surface area contributed by atoms with Crippen molar-refractivity contribution in [2.24, 2.45) is 0 Å². The van der Waals surface area contributed by atoms with E-state index in [4.69, 9.17) is 9.47 Å². The third kappa shape index (κ3) is 8.54. The van der Waals surface area contributed by atoms with Crippen LogP contribution >= 0.6 is 0 Å². The fourth-order valence-corrected chi connectivity index (χ4v) is 4.77. The maximum absolute atomic E-state index is 11.6. The first-order chi connectivity index (χ1) is 21.5. The minimum absolute atomic E-state index is 0.104. The number of hydrogen-bond acceptors (Lipinski definition) is 9. The van der Waals surface area contributed by atoms with E-state index in [2.05, 4.69) is 0 Å². The minimum Gasteiger partial charge on any atom is -0.508 e. The Morgan fingerprint density at radius 2 is 1.02 bits per heavy atom. The summed E-state index contributed by atoms with van der Waals surface area (Å²) in [5.41, 5.74) is 0.650. The molecule has 0 radical (unpaired) electrons. The lowest BCUT2D eigenvalue weighted by atomic mass is 10.0. The highest BCUT2D eigenvalue weighted by Gasteiger charge is 2.25. The number of anilines is 2. The Balaban J connectivity index is 1.76. The van der Waals surface area contributed by atoms with Gasteiger partial charge in [-0.1, -0.05) is 48.5 Å². The molecule has 1 atom stereocenters. The largest absolute Gasteiger partial charge is 0.508 e. The molecule has 13 nitrogen and oxygen atoms in total. The normalized spacial score (nSPS) is 11.4. The first-order valence-corrected chi connectivity index (χ1v) is 13.6. The average molecular weight is 619 g/mol. The molecule has 0 saturated carbocycles. The Kier molecular flexibility index (Phi) is 10.3. The van der Waals surface area contributed by atoms with E-state index in [1.807, 2.05) is 24.3 Å². The highest BCUT2D eigenvalue weighted by molar-refractivity contribution is 5.85. The summed E-state index contributed by atoms with van der Waals surface area (Å²) in [5, 5.41) is 50.2. The molecule has 0 bridgehead atoms. The van der Waals surface area contributed by atoms with Crippen molar-refractivity contribution in [3.63, 3.8) is 0 Å². The third-order valence-electron chi connectivity index (χ3n) is 6.62. The quantitative estimate of drug-likeness (QED) is 0.122. The van der Waals surface area contributed by atoms with Gasteiger partial charge in [0.1, 0.15) is 50.0 Å². The van der Waals surface area contributed by atoms with Crippen LogP contribution in [0.25, 0.3) is 10.8 Å². The van der Waals surface area contributed by atoms with Gasteiger partial charge in [-0.25, -0.2) is 0 Å². The summed E-state index contributed by atoms with van der Waals surface area (Å²) in [7, 11) is 0. The van der Waals surface area contributed by atoms with Crippen molar-refractivity contribution in [3.05, 3.63) is 90.5 Å². The smallest absolute Gasteiger partial charge is 0.323 e. The van der Waals surface area contributed by atoms with Crippen LogP contribution in [-0.4, -0.2) is 82.2 Å². The predicted molar refractivity (Wildman–Crippen MR) is 162 cm³/mol. The number of phenolic OH excluding ortho intramolecular Hbond substituents is 1. The minimum atomic E-state index is -1.26. The first kappa shape index (κ1) is 31.9. The SMILES string of the molecule is O=C(O)CN(CC(=O)O)c1ccccc1OCC(Oc1ccccc1N(CC(=O)O)CC(=O)O)c1cc2ccccc2cc1O. The molecule has 4 rings (SSSR count). The van der Waals surface area contributed by atoms with Gasteiger partial charge in [-0.2, -0.15) is 0 Å². The van der Waals surface area contributed by atoms with E-state index in [1.54, 1.807) is 36.4 Å². The topological polar surface area (TPSA) is 194 Å². The van der Waals surface area contributed by atoms with Gasteiger partial charge in [-0.05, 0) is 47.2 Å². The number of ether oxygens (including phenoxy) is 2.